The van der Waals surface area contributed by atoms with Crippen molar-refractivity contribution in [2.24, 2.45) is 0 Å². The minimum absolute atomic E-state index is 0.0498. The number of nitrogens with one attached hydrogen (secondary N) is 1. The van der Waals surface area contributed by atoms with Crippen LogP contribution in [0, 0.1) is 19.7 Å². The van der Waals surface area contributed by atoms with Gasteiger partial charge in [0.2, 0.25) is 11.7 Å². The first-order valence-electron chi connectivity index (χ1n) is 11.7. The lowest BCUT2D eigenvalue weighted by molar-refractivity contribution is -0.115. The van der Waals surface area contributed by atoms with Crippen molar-refractivity contribution in [3.8, 4) is 17.2 Å². The van der Waals surface area contributed by atoms with Crippen LogP contribution in [0.25, 0.3) is 11.1 Å². The second-order valence-corrected chi connectivity index (χ2v) is 8.99. The molecule has 0 aromatic heterocycles. The van der Waals surface area contributed by atoms with E-state index in [1.54, 1.807) is 18.2 Å². The van der Waals surface area contributed by atoms with E-state index in [1.165, 1.54) is 26.4 Å². The van der Waals surface area contributed by atoms with E-state index in [4.69, 9.17) is 9.47 Å². The number of allylic oxidation sites excluding steroid dienone is 3. The zero-order valence-corrected chi connectivity index (χ0v) is 21.2. The maximum absolute atomic E-state index is 14.2. The van der Waals surface area contributed by atoms with Gasteiger partial charge >= 0.3 is 0 Å². The summed E-state index contributed by atoms with van der Waals surface area (Å²) in [5.41, 5.74) is 8.19. The maximum Gasteiger partial charge on any atom is 0.228 e. The van der Waals surface area contributed by atoms with Crippen LogP contribution < -0.4 is 14.8 Å². The molecule has 1 amide bonds. The van der Waals surface area contributed by atoms with E-state index in [0.29, 0.717) is 17.9 Å². The van der Waals surface area contributed by atoms with E-state index in [1.807, 2.05) is 45.0 Å². The number of methoxy groups -OCH3 is 2. The summed E-state index contributed by atoms with van der Waals surface area (Å²) >= 11 is 0. The predicted octanol–water partition coefficient (Wildman–Crippen LogP) is 6.61. The molecule has 36 heavy (non-hydrogen) atoms. The normalized spacial score (nSPS) is 13.7. The van der Waals surface area contributed by atoms with Gasteiger partial charge in [-0.25, -0.2) is 4.39 Å². The fraction of sp³-hybridized carbons (Fsp3) is 0.233. The van der Waals surface area contributed by atoms with Crippen molar-refractivity contribution in [3.63, 3.8) is 0 Å². The number of fused-ring (bicyclic) bond motifs is 1. The molecule has 3 aromatic carbocycles. The number of aryl methyl sites for hydroxylation is 2. The smallest absolute Gasteiger partial charge is 0.228 e. The molecule has 0 unspecified atom stereocenters. The lowest BCUT2D eigenvalue weighted by atomic mass is 10.00. The first-order chi connectivity index (χ1) is 17.2. The van der Waals surface area contributed by atoms with Crippen molar-refractivity contribution >= 4 is 22.7 Å². The highest BCUT2D eigenvalue weighted by Crippen LogP contribution is 2.44. The van der Waals surface area contributed by atoms with Crippen LogP contribution in [0.3, 0.4) is 0 Å². The van der Waals surface area contributed by atoms with Crippen molar-refractivity contribution in [2.75, 3.05) is 19.5 Å². The van der Waals surface area contributed by atoms with Gasteiger partial charge in [-0.3, -0.25) is 4.79 Å². The highest BCUT2D eigenvalue weighted by atomic mass is 19.1. The largest absolute Gasteiger partial charge is 0.502 e. The van der Waals surface area contributed by atoms with Gasteiger partial charge in [0.15, 0.2) is 11.5 Å². The van der Waals surface area contributed by atoms with E-state index < -0.39 is 0 Å². The second-order valence-electron chi connectivity index (χ2n) is 8.99. The molecule has 0 heterocycles. The van der Waals surface area contributed by atoms with E-state index in [2.05, 4.69) is 5.32 Å². The number of anilines is 1. The Bertz CT molecular complexity index is 1380. The third-order valence-corrected chi connectivity index (χ3v) is 6.66. The van der Waals surface area contributed by atoms with Gasteiger partial charge in [0.25, 0.3) is 0 Å². The number of aromatic hydroxyl groups is 1. The maximum atomic E-state index is 14.2. The molecule has 1 aliphatic rings. The highest BCUT2D eigenvalue weighted by Gasteiger charge is 2.26. The molecule has 0 spiro atoms. The van der Waals surface area contributed by atoms with E-state index in [9.17, 15) is 14.3 Å². The predicted molar refractivity (Wildman–Crippen MR) is 141 cm³/mol. The van der Waals surface area contributed by atoms with Crippen molar-refractivity contribution < 1.29 is 23.8 Å². The number of hydrogen-bond acceptors (Lipinski definition) is 4. The Balaban J connectivity index is 1.64. The Labute approximate surface area is 210 Å². The fourth-order valence-corrected chi connectivity index (χ4v) is 4.53. The summed E-state index contributed by atoms with van der Waals surface area (Å²) in [6.07, 6.45) is 2.71. The van der Waals surface area contributed by atoms with Crippen LogP contribution in [0.1, 0.15) is 41.2 Å². The highest BCUT2D eigenvalue weighted by molar-refractivity contribution is 6.06. The fourth-order valence-electron chi connectivity index (χ4n) is 4.53. The molecule has 2 N–H and O–H groups in total. The number of halogens is 1. The molecule has 5 nitrogen and oxygen atoms in total. The number of hydrogen-bond donors (Lipinski definition) is 2. The van der Waals surface area contributed by atoms with Crippen molar-refractivity contribution in [3.05, 3.63) is 93.8 Å². The number of phenols is 1. The van der Waals surface area contributed by atoms with Crippen LogP contribution in [0.2, 0.25) is 0 Å². The summed E-state index contributed by atoms with van der Waals surface area (Å²) in [6.45, 7) is 5.99. The number of carbonyl (C=O) groups excluding carboxylic acids is 1. The molecule has 1 aliphatic carbocycles. The van der Waals surface area contributed by atoms with Gasteiger partial charge in [0, 0.05) is 5.69 Å². The van der Waals surface area contributed by atoms with Crippen LogP contribution in [0.15, 0.2) is 60.2 Å². The van der Waals surface area contributed by atoms with Gasteiger partial charge in [0.1, 0.15) is 5.82 Å². The lowest BCUT2D eigenvalue weighted by Crippen LogP contribution is -2.12. The average molecular weight is 488 g/mol. The first kappa shape index (κ1) is 25.0. The summed E-state index contributed by atoms with van der Waals surface area (Å²) in [4.78, 5) is 13.0. The number of rotatable bonds is 7. The molecule has 6 heteroatoms. The molecule has 4 rings (SSSR count). The number of carbonyl (C=O) groups is 1. The van der Waals surface area contributed by atoms with Crippen LogP contribution in [-0.2, 0) is 11.2 Å². The van der Waals surface area contributed by atoms with E-state index in [0.717, 1.165) is 50.2 Å². The summed E-state index contributed by atoms with van der Waals surface area (Å²) in [5, 5.41) is 13.2. The molecule has 3 aromatic rings. The van der Waals surface area contributed by atoms with Gasteiger partial charge in [-0.2, -0.15) is 0 Å². The van der Waals surface area contributed by atoms with E-state index >= 15 is 0 Å². The monoisotopic (exact) mass is 487 g/mol. The van der Waals surface area contributed by atoms with Crippen molar-refractivity contribution in [1.82, 2.24) is 0 Å². The number of phenolic OH excluding ortho intramolecular Hbond substituents is 1. The van der Waals surface area contributed by atoms with Crippen LogP contribution in [-0.4, -0.2) is 25.2 Å². The van der Waals surface area contributed by atoms with Crippen molar-refractivity contribution in [1.29, 1.82) is 0 Å². The molecule has 0 saturated heterocycles. The topological polar surface area (TPSA) is 67.8 Å². The number of ether oxygens (including phenoxy) is 2. The SMILES string of the molecule is COc1cc(C/C=C2/C(C)=C(CC(=O)Nc3ccc(C)c(C)c3)c3cc(F)ccc32)cc(OC)c1O. The van der Waals surface area contributed by atoms with Crippen LogP contribution in [0.4, 0.5) is 10.1 Å². The Morgan fingerprint density at radius 3 is 2.28 bits per heavy atom. The summed E-state index contributed by atoms with van der Waals surface area (Å²) in [7, 11) is 2.97. The minimum Gasteiger partial charge on any atom is -0.502 e. The first-order valence-corrected chi connectivity index (χ1v) is 11.7. The standard InChI is InChI=1S/C30H30FNO4/c1-17-6-9-22(12-18(17)2)32-29(33)16-25-19(3)23(24-11-8-21(31)15-26(24)25)10-7-20-13-27(35-4)30(34)28(14-20)36-5/h6,8-15,34H,7,16H2,1-5H3,(H,32,33)/b23-10-. The van der Waals surface area contributed by atoms with Crippen LogP contribution >= 0.6 is 0 Å². The summed E-state index contributed by atoms with van der Waals surface area (Å²) < 4.78 is 24.8. The van der Waals surface area contributed by atoms with E-state index in [-0.39, 0.29) is 23.9 Å². The van der Waals surface area contributed by atoms with Gasteiger partial charge in [-0.05, 0) is 108 Å². The molecular formula is C30H30FNO4. The number of benzene rings is 3. The Hall–Kier alpha value is -4.06. The second kappa shape index (κ2) is 10.3. The molecule has 0 aliphatic heterocycles. The minimum atomic E-state index is -0.345. The van der Waals surface area contributed by atoms with Gasteiger partial charge in [0.05, 0.1) is 20.6 Å². The number of amides is 1. The lowest BCUT2D eigenvalue weighted by Gasteiger charge is -2.11. The Morgan fingerprint density at radius 2 is 1.64 bits per heavy atom. The summed E-state index contributed by atoms with van der Waals surface area (Å²) in [6, 6.07) is 14.0. The molecule has 0 fully saturated rings. The average Bonchev–Trinajstić information content (AvgIpc) is 3.10. The molecule has 0 saturated carbocycles. The van der Waals surface area contributed by atoms with Gasteiger partial charge in [-0.1, -0.05) is 18.2 Å². The van der Waals surface area contributed by atoms with Gasteiger partial charge in [-0.15, -0.1) is 0 Å². The molecule has 186 valence electrons. The van der Waals surface area contributed by atoms with Crippen molar-refractivity contribution in [2.45, 2.75) is 33.6 Å². The molecule has 0 atom stereocenters. The van der Waals surface area contributed by atoms with Crippen LogP contribution in [0.5, 0.6) is 17.2 Å². The quantitative estimate of drug-likeness (QED) is 0.394. The summed E-state index contributed by atoms with van der Waals surface area (Å²) in [5.74, 6) is 0.103. The zero-order chi connectivity index (χ0) is 26.0. The van der Waals surface area contributed by atoms with Gasteiger partial charge < -0.3 is 19.9 Å². The Morgan fingerprint density at radius 1 is 0.944 bits per heavy atom. The third kappa shape index (κ3) is 4.98. The third-order valence-electron chi connectivity index (χ3n) is 6.66. The molecule has 0 radical (unpaired) electrons. The molecule has 0 bridgehead atoms. The zero-order valence-electron chi connectivity index (χ0n) is 21.2. The molecular weight excluding hydrogens is 457 g/mol. The Kier molecular flexibility index (Phi) is 7.15.